The van der Waals surface area contributed by atoms with Crippen molar-refractivity contribution in [3.8, 4) is 0 Å². The molecule has 1 aliphatic carbocycles. The molecule has 3 heteroatoms. The van der Waals surface area contributed by atoms with Crippen LogP contribution >= 0.6 is 0 Å². The number of hydrogen-bond acceptors (Lipinski definition) is 3. The van der Waals surface area contributed by atoms with Gasteiger partial charge in [0.1, 0.15) is 0 Å². The molecule has 2 aliphatic rings. The summed E-state index contributed by atoms with van der Waals surface area (Å²) in [6.07, 6.45) is 5.66. The molecule has 0 aromatic carbocycles. The van der Waals surface area contributed by atoms with Gasteiger partial charge in [0.05, 0.1) is 0 Å². The molecule has 3 nitrogen and oxygen atoms in total. The van der Waals surface area contributed by atoms with Crippen LogP contribution in [0.1, 0.15) is 46.5 Å². The Balaban J connectivity index is 1.67. The largest absolute Gasteiger partial charge is 0.314 e. The Morgan fingerprint density at radius 2 is 1.67 bits per heavy atom. The molecule has 1 heterocycles. The van der Waals surface area contributed by atoms with Crippen molar-refractivity contribution < 1.29 is 0 Å². The third kappa shape index (κ3) is 4.52. The van der Waals surface area contributed by atoms with Crippen molar-refractivity contribution in [2.75, 3.05) is 32.7 Å². The van der Waals surface area contributed by atoms with Gasteiger partial charge in [-0.25, -0.2) is 0 Å². The highest BCUT2D eigenvalue weighted by Gasteiger charge is 2.26. The molecule has 1 saturated carbocycles. The molecule has 0 atom stereocenters. The van der Waals surface area contributed by atoms with Crippen molar-refractivity contribution in [1.29, 1.82) is 0 Å². The average Bonchev–Trinajstić information content (AvgIpc) is 2.37. The summed E-state index contributed by atoms with van der Waals surface area (Å²) in [7, 11) is 0. The van der Waals surface area contributed by atoms with Crippen LogP contribution in [0.3, 0.4) is 0 Å². The van der Waals surface area contributed by atoms with E-state index < -0.39 is 0 Å². The summed E-state index contributed by atoms with van der Waals surface area (Å²) in [5, 5.41) is 7.11. The number of piperazine rings is 1. The molecular weight excluding hydrogens is 222 g/mol. The minimum absolute atomic E-state index is 0.273. The topological polar surface area (TPSA) is 27.3 Å². The highest BCUT2D eigenvalue weighted by atomic mass is 15.2. The first-order valence-corrected chi connectivity index (χ1v) is 7.74. The van der Waals surface area contributed by atoms with Crippen molar-refractivity contribution in [3.05, 3.63) is 0 Å². The fraction of sp³-hybridized carbons (Fsp3) is 1.00. The van der Waals surface area contributed by atoms with E-state index in [9.17, 15) is 0 Å². The molecule has 0 aromatic heterocycles. The van der Waals surface area contributed by atoms with Gasteiger partial charge in [-0.3, -0.25) is 4.90 Å². The molecule has 1 aliphatic heterocycles. The van der Waals surface area contributed by atoms with Crippen LogP contribution in [0.5, 0.6) is 0 Å². The first-order chi connectivity index (χ1) is 8.54. The van der Waals surface area contributed by atoms with E-state index in [4.69, 9.17) is 0 Å². The van der Waals surface area contributed by atoms with E-state index in [2.05, 4.69) is 36.3 Å². The molecule has 1 saturated heterocycles. The first kappa shape index (κ1) is 14.3. The lowest BCUT2D eigenvalue weighted by Gasteiger charge is -2.39. The van der Waals surface area contributed by atoms with Crippen molar-refractivity contribution in [3.63, 3.8) is 0 Å². The highest BCUT2D eigenvalue weighted by molar-refractivity contribution is 4.84. The van der Waals surface area contributed by atoms with E-state index in [1.54, 1.807) is 0 Å². The van der Waals surface area contributed by atoms with Gasteiger partial charge in [0.25, 0.3) is 0 Å². The number of nitrogens with zero attached hydrogens (tertiary/aromatic N) is 1. The fourth-order valence-corrected chi connectivity index (χ4v) is 3.21. The van der Waals surface area contributed by atoms with Crippen LogP contribution in [0.25, 0.3) is 0 Å². The Hall–Kier alpha value is -0.120. The second-order valence-corrected chi connectivity index (χ2v) is 7.09. The summed E-state index contributed by atoms with van der Waals surface area (Å²) < 4.78 is 0. The summed E-state index contributed by atoms with van der Waals surface area (Å²) in [5.74, 6) is 0.906. The second kappa shape index (κ2) is 6.36. The molecule has 0 aromatic rings. The van der Waals surface area contributed by atoms with Crippen molar-refractivity contribution in [2.45, 2.75) is 58.0 Å². The number of hydrogen-bond donors (Lipinski definition) is 2. The first-order valence-electron chi connectivity index (χ1n) is 7.74. The maximum absolute atomic E-state index is 3.66. The van der Waals surface area contributed by atoms with Crippen LogP contribution in [-0.2, 0) is 0 Å². The van der Waals surface area contributed by atoms with E-state index in [0.717, 1.165) is 12.0 Å². The van der Waals surface area contributed by atoms with E-state index in [1.165, 1.54) is 58.4 Å². The van der Waals surface area contributed by atoms with Crippen molar-refractivity contribution in [2.24, 2.45) is 5.92 Å². The zero-order valence-corrected chi connectivity index (χ0v) is 12.5. The normalized spacial score (nSPS) is 31.5. The van der Waals surface area contributed by atoms with Gasteiger partial charge in [0.15, 0.2) is 0 Å². The molecule has 18 heavy (non-hydrogen) atoms. The Labute approximate surface area is 113 Å². The predicted molar refractivity (Wildman–Crippen MR) is 77.9 cm³/mol. The van der Waals surface area contributed by atoms with Gasteiger partial charge in [-0.05, 0) is 58.9 Å². The van der Waals surface area contributed by atoms with E-state index in [1.807, 2.05) is 0 Å². The zero-order valence-electron chi connectivity index (χ0n) is 12.5. The van der Waals surface area contributed by atoms with E-state index in [-0.39, 0.29) is 5.54 Å². The Kier molecular flexibility index (Phi) is 5.05. The van der Waals surface area contributed by atoms with Crippen LogP contribution in [0.4, 0.5) is 0 Å². The maximum atomic E-state index is 3.66. The molecule has 0 unspecified atom stereocenters. The predicted octanol–water partition coefficient (Wildman–Crippen LogP) is 1.84. The Morgan fingerprint density at radius 3 is 2.22 bits per heavy atom. The number of rotatable bonds is 3. The van der Waals surface area contributed by atoms with Gasteiger partial charge >= 0.3 is 0 Å². The second-order valence-electron chi connectivity index (χ2n) is 7.09. The van der Waals surface area contributed by atoms with E-state index >= 15 is 0 Å². The summed E-state index contributed by atoms with van der Waals surface area (Å²) in [6.45, 7) is 12.9. The molecule has 2 rings (SSSR count). The lowest BCUT2D eigenvalue weighted by Crippen LogP contribution is -2.50. The van der Waals surface area contributed by atoms with Gasteiger partial charge in [-0.2, -0.15) is 0 Å². The van der Waals surface area contributed by atoms with Gasteiger partial charge in [0, 0.05) is 37.8 Å². The molecular formula is C15H31N3. The van der Waals surface area contributed by atoms with Crippen LogP contribution < -0.4 is 10.6 Å². The molecule has 0 amide bonds. The molecule has 2 fully saturated rings. The summed E-state index contributed by atoms with van der Waals surface area (Å²) >= 11 is 0. The third-order valence-electron chi connectivity index (χ3n) is 4.41. The maximum Gasteiger partial charge on any atom is 0.0110 e. The highest BCUT2D eigenvalue weighted by Crippen LogP contribution is 2.27. The van der Waals surface area contributed by atoms with Crippen LogP contribution in [0, 0.1) is 5.92 Å². The standard InChI is InChI=1S/C15H31N3/c1-15(2,3)17-12-13-4-6-14(7-5-13)18-10-8-16-9-11-18/h13-14,16-17H,4-12H2,1-3H3/t13-,14-. The van der Waals surface area contributed by atoms with Crippen LogP contribution in [-0.4, -0.2) is 49.2 Å². The third-order valence-corrected chi connectivity index (χ3v) is 4.41. The minimum atomic E-state index is 0.273. The monoisotopic (exact) mass is 253 g/mol. The summed E-state index contributed by atoms with van der Waals surface area (Å²) in [6, 6.07) is 0.873. The van der Waals surface area contributed by atoms with E-state index in [0.29, 0.717) is 0 Å². The van der Waals surface area contributed by atoms with Crippen molar-refractivity contribution >= 4 is 0 Å². The Morgan fingerprint density at radius 1 is 1.06 bits per heavy atom. The minimum Gasteiger partial charge on any atom is -0.314 e. The number of nitrogens with one attached hydrogen (secondary N) is 2. The van der Waals surface area contributed by atoms with Gasteiger partial charge in [-0.15, -0.1) is 0 Å². The summed E-state index contributed by atoms with van der Waals surface area (Å²) in [5.41, 5.74) is 0.273. The average molecular weight is 253 g/mol. The van der Waals surface area contributed by atoms with Crippen LogP contribution in [0.2, 0.25) is 0 Å². The fourth-order valence-electron chi connectivity index (χ4n) is 3.21. The van der Waals surface area contributed by atoms with Gasteiger partial charge in [-0.1, -0.05) is 0 Å². The Bertz CT molecular complexity index is 233. The van der Waals surface area contributed by atoms with Crippen LogP contribution in [0.15, 0.2) is 0 Å². The van der Waals surface area contributed by atoms with Crippen molar-refractivity contribution in [1.82, 2.24) is 15.5 Å². The lowest BCUT2D eigenvalue weighted by molar-refractivity contribution is 0.119. The quantitative estimate of drug-likeness (QED) is 0.804. The SMILES string of the molecule is CC(C)(C)NC[C@H]1CC[C@H](N2CCNCC2)CC1. The molecule has 2 N–H and O–H groups in total. The van der Waals surface area contributed by atoms with Gasteiger partial charge < -0.3 is 10.6 Å². The molecule has 0 bridgehead atoms. The molecule has 0 radical (unpaired) electrons. The molecule has 0 spiro atoms. The van der Waals surface area contributed by atoms with Gasteiger partial charge in [0.2, 0.25) is 0 Å². The lowest BCUT2D eigenvalue weighted by atomic mass is 9.84. The smallest absolute Gasteiger partial charge is 0.0110 e. The molecule has 106 valence electrons. The zero-order chi connectivity index (χ0) is 13.0. The summed E-state index contributed by atoms with van der Waals surface area (Å²) in [4.78, 5) is 2.71.